The highest BCUT2D eigenvalue weighted by Crippen LogP contribution is 2.31. The summed E-state index contributed by atoms with van der Waals surface area (Å²) in [4.78, 5) is 14.6. The highest BCUT2D eigenvalue weighted by molar-refractivity contribution is 7.91. The molecular formula is C17H22ClNO4S. The van der Waals surface area contributed by atoms with Gasteiger partial charge in [-0.1, -0.05) is 37.6 Å². The van der Waals surface area contributed by atoms with Gasteiger partial charge in [-0.15, -0.1) is 0 Å². The number of halogens is 1. The first-order chi connectivity index (χ1) is 11.2. The first-order valence-corrected chi connectivity index (χ1v) is 10.3. The second-order valence-electron chi connectivity index (χ2n) is 7.21. The van der Waals surface area contributed by atoms with E-state index >= 15 is 0 Å². The Morgan fingerprint density at radius 3 is 2.62 bits per heavy atom. The molecule has 7 heteroatoms. The maximum Gasteiger partial charge on any atom is 0.223 e. The van der Waals surface area contributed by atoms with Crippen molar-refractivity contribution in [2.45, 2.75) is 37.8 Å². The van der Waals surface area contributed by atoms with Gasteiger partial charge in [0, 0.05) is 18.0 Å². The summed E-state index contributed by atoms with van der Waals surface area (Å²) >= 11 is 5.93. The normalized spacial score (nSPS) is 26.2. The van der Waals surface area contributed by atoms with Crippen molar-refractivity contribution in [2.24, 2.45) is 0 Å². The van der Waals surface area contributed by atoms with E-state index in [0.717, 1.165) is 5.56 Å². The molecule has 3 rings (SSSR count). The Morgan fingerprint density at radius 2 is 1.96 bits per heavy atom. The second kappa shape index (κ2) is 6.32. The van der Waals surface area contributed by atoms with Gasteiger partial charge in [-0.3, -0.25) is 4.79 Å². The molecule has 1 amide bonds. The van der Waals surface area contributed by atoms with Crippen molar-refractivity contribution < 1.29 is 17.9 Å². The quantitative estimate of drug-likeness (QED) is 0.815. The first kappa shape index (κ1) is 17.7. The lowest BCUT2D eigenvalue weighted by Gasteiger charge is -2.38. The summed E-state index contributed by atoms with van der Waals surface area (Å²) in [6, 6.07) is 7.14. The van der Waals surface area contributed by atoms with Crippen LogP contribution in [0.5, 0.6) is 0 Å². The molecule has 0 N–H and O–H groups in total. The van der Waals surface area contributed by atoms with E-state index in [1.165, 1.54) is 0 Å². The standard InChI is InChI=1S/C17H22ClNO4S/c1-17(2,12-3-5-13(18)6-4-12)9-16(20)19-7-8-23-15-11-24(21,22)10-14(15)19/h3-6,14-15H,7-11H2,1-2H3. The Kier molecular flexibility index (Phi) is 4.66. The molecule has 2 aliphatic rings. The van der Waals surface area contributed by atoms with Crippen molar-refractivity contribution in [3.05, 3.63) is 34.9 Å². The zero-order valence-electron chi connectivity index (χ0n) is 13.9. The number of amides is 1. The van der Waals surface area contributed by atoms with E-state index in [4.69, 9.17) is 16.3 Å². The Hall–Kier alpha value is -1.11. The number of carbonyl (C=O) groups is 1. The molecule has 2 unspecified atom stereocenters. The molecule has 132 valence electrons. The van der Waals surface area contributed by atoms with E-state index in [1.807, 2.05) is 38.1 Å². The van der Waals surface area contributed by atoms with Crippen LogP contribution in [0, 0.1) is 0 Å². The van der Waals surface area contributed by atoms with E-state index in [1.54, 1.807) is 4.90 Å². The molecule has 0 aliphatic carbocycles. The van der Waals surface area contributed by atoms with Crippen molar-refractivity contribution in [2.75, 3.05) is 24.7 Å². The van der Waals surface area contributed by atoms with Gasteiger partial charge in [0.25, 0.3) is 0 Å². The van der Waals surface area contributed by atoms with Crippen LogP contribution in [0.1, 0.15) is 25.8 Å². The number of carbonyl (C=O) groups excluding carboxylic acids is 1. The number of sulfone groups is 1. The number of morpholine rings is 1. The highest BCUT2D eigenvalue weighted by atomic mass is 35.5. The molecule has 2 aliphatic heterocycles. The van der Waals surface area contributed by atoms with Crippen LogP contribution in [0.4, 0.5) is 0 Å². The molecule has 2 atom stereocenters. The Labute approximate surface area is 147 Å². The van der Waals surface area contributed by atoms with Crippen LogP contribution in [0.15, 0.2) is 24.3 Å². The Balaban J connectivity index is 1.75. The molecule has 0 aromatic heterocycles. The topological polar surface area (TPSA) is 63.7 Å². The third-order valence-electron chi connectivity index (χ3n) is 4.88. The van der Waals surface area contributed by atoms with Crippen LogP contribution in [-0.4, -0.2) is 56.0 Å². The van der Waals surface area contributed by atoms with Crippen LogP contribution in [0.2, 0.25) is 5.02 Å². The summed E-state index contributed by atoms with van der Waals surface area (Å²) in [7, 11) is -3.13. The molecule has 5 nitrogen and oxygen atoms in total. The summed E-state index contributed by atoms with van der Waals surface area (Å²) in [6.07, 6.45) is -0.0657. The number of nitrogens with zero attached hydrogens (tertiary/aromatic N) is 1. The lowest BCUT2D eigenvalue weighted by molar-refractivity contribution is -0.143. The lowest BCUT2D eigenvalue weighted by Crippen LogP contribution is -2.54. The first-order valence-electron chi connectivity index (χ1n) is 8.05. The molecular weight excluding hydrogens is 350 g/mol. The fraction of sp³-hybridized carbons (Fsp3) is 0.588. The van der Waals surface area contributed by atoms with Crippen LogP contribution >= 0.6 is 11.6 Å². The highest BCUT2D eigenvalue weighted by Gasteiger charge is 2.46. The molecule has 2 heterocycles. The minimum Gasteiger partial charge on any atom is -0.373 e. The van der Waals surface area contributed by atoms with E-state index in [0.29, 0.717) is 24.6 Å². The zero-order chi connectivity index (χ0) is 17.5. The summed E-state index contributed by atoms with van der Waals surface area (Å²) in [6.45, 7) is 4.87. The summed E-state index contributed by atoms with van der Waals surface area (Å²) in [5.74, 6) is -0.00219. The van der Waals surface area contributed by atoms with Crippen molar-refractivity contribution in [3.63, 3.8) is 0 Å². The number of rotatable bonds is 3. The maximum absolute atomic E-state index is 12.9. The number of hydrogen-bond acceptors (Lipinski definition) is 4. The molecule has 1 aromatic carbocycles. The van der Waals surface area contributed by atoms with Crippen molar-refractivity contribution in [1.82, 2.24) is 4.90 Å². The van der Waals surface area contributed by atoms with Crippen LogP contribution < -0.4 is 0 Å². The number of ether oxygens (including phenoxy) is 1. The molecule has 1 aromatic rings. The lowest BCUT2D eigenvalue weighted by atomic mass is 9.81. The van der Waals surface area contributed by atoms with Crippen molar-refractivity contribution >= 4 is 27.3 Å². The molecule has 0 spiro atoms. The smallest absolute Gasteiger partial charge is 0.223 e. The molecule has 0 radical (unpaired) electrons. The van der Waals surface area contributed by atoms with Gasteiger partial charge in [0.05, 0.1) is 30.3 Å². The summed E-state index contributed by atoms with van der Waals surface area (Å²) in [5, 5.41) is 0.660. The van der Waals surface area contributed by atoms with Gasteiger partial charge in [-0.05, 0) is 23.1 Å². The van der Waals surface area contributed by atoms with Gasteiger partial charge in [-0.2, -0.15) is 0 Å². The minimum atomic E-state index is -3.13. The van der Waals surface area contributed by atoms with Crippen LogP contribution in [0.3, 0.4) is 0 Å². The van der Waals surface area contributed by atoms with Gasteiger partial charge in [0.15, 0.2) is 9.84 Å². The third kappa shape index (κ3) is 3.60. The molecule has 0 bridgehead atoms. The number of fused-ring (bicyclic) bond motifs is 1. The van der Waals surface area contributed by atoms with Crippen LogP contribution in [-0.2, 0) is 24.8 Å². The maximum atomic E-state index is 12.9. The molecule has 2 fully saturated rings. The third-order valence-corrected chi connectivity index (χ3v) is 6.81. The zero-order valence-corrected chi connectivity index (χ0v) is 15.4. The minimum absolute atomic E-state index is 0.00474. The number of benzene rings is 1. The van der Waals surface area contributed by atoms with E-state index < -0.39 is 9.84 Å². The largest absolute Gasteiger partial charge is 0.373 e. The van der Waals surface area contributed by atoms with Gasteiger partial charge in [0.1, 0.15) is 0 Å². The monoisotopic (exact) mass is 371 g/mol. The predicted octanol–water partition coefficient (Wildman–Crippen LogP) is 2.03. The molecule has 24 heavy (non-hydrogen) atoms. The van der Waals surface area contributed by atoms with E-state index in [-0.39, 0.29) is 35.0 Å². The van der Waals surface area contributed by atoms with Crippen molar-refractivity contribution in [1.29, 1.82) is 0 Å². The number of hydrogen-bond donors (Lipinski definition) is 0. The fourth-order valence-corrected chi connectivity index (χ4v) is 5.50. The van der Waals surface area contributed by atoms with Gasteiger partial charge in [-0.25, -0.2) is 8.42 Å². The van der Waals surface area contributed by atoms with Gasteiger partial charge >= 0.3 is 0 Å². The van der Waals surface area contributed by atoms with Gasteiger partial charge < -0.3 is 9.64 Å². The predicted molar refractivity (Wildman–Crippen MR) is 93.0 cm³/mol. The Bertz CT molecular complexity index is 729. The molecule has 2 saturated heterocycles. The van der Waals surface area contributed by atoms with E-state index in [9.17, 15) is 13.2 Å². The second-order valence-corrected chi connectivity index (χ2v) is 9.80. The fourth-order valence-electron chi connectivity index (χ4n) is 3.51. The SMILES string of the molecule is CC(C)(CC(=O)N1CCOC2CS(=O)(=O)CC21)c1ccc(Cl)cc1. The Morgan fingerprint density at radius 1 is 1.29 bits per heavy atom. The average molecular weight is 372 g/mol. The average Bonchev–Trinajstić information content (AvgIpc) is 2.80. The van der Waals surface area contributed by atoms with Crippen LogP contribution in [0.25, 0.3) is 0 Å². The molecule has 0 saturated carbocycles. The summed E-state index contributed by atoms with van der Waals surface area (Å²) in [5.41, 5.74) is 0.677. The van der Waals surface area contributed by atoms with E-state index in [2.05, 4.69) is 0 Å². The summed E-state index contributed by atoms with van der Waals surface area (Å²) < 4.78 is 29.3. The van der Waals surface area contributed by atoms with Gasteiger partial charge in [0.2, 0.25) is 5.91 Å². The van der Waals surface area contributed by atoms with Crippen molar-refractivity contribution in [3.8, 4) is 0 Å².